The smallest absolute Gasteiger partial charge is 0.0851 e. The van der Waals surface area contributed by atoms with E-state index in [-0.39, 0.29) is 12.0 Å². The average molecular weight is 337 g/mol. The van der Waals surface area contributed by atoms with Gasteiger partial charge in [0.1, 0.15) is 0 Å². The van der Waals surface area contributed by atoms with Gasteiger partial charge in [0, 0.05) is 44.2 Å². The summed E-state index contributed by atoms with van der Waals surface area (Å²) in [6.45, 7) is 3.49. The van der Waals surface area contributed by atoms with Crippen molar-refractivity contribution in [2.45, 2.75) is 94.4 Å². The van der Waals surface area contributed by atoms with E-state index in [1.165, 1.54) is 64.2 Å². The lowest BCUT2D eigenvalue weighted by atomic mass is 9.84. The van der Waals surface area contributed by atoms with Crippen molar-refractivity contribution in [2.24, 2.45) is 5.92 Å². The maximum atomic E-state index is 11.4. The highest BCUT2D eigenvalue weighted by atomic mass is 16.3. The van der Waals surface area contributed by atoms with Crippen LogP contribution < -0.4 is 0 Å². The molecule has 0 spiro atoms. The van der Waals surface area contributed by atoms with Crippen LogP contribution in [-0.2, 0) is 0 Å². The minimum atomic E-state index is -0.666. The fourth-order valence-electron chi connectivity index (χ4n) is 6.00. The number of aliphatic hydroxyl groups excluding tert-OH is 1. The number of likely N-dealkylation sites (tertiary alicyclic amines) is 2. The van der Waals surface area contributed by atoms with Crippen LogP contribution in [0.5, 0.6) is 0 Å². The Morgan fingerprint density at radius 2 is 1.33 bits per heavy atom. The zero-order valence-corrected chi connectivity index (χ0v) is 15.2. The van der Waals surface area contributed by atoms with Crippen molar-refractivity contribution in [3.05, 3.63) is 0 Å². The molecule has 3 atom stereocenters. The maximum Gasteiger partial charge on any atom is 0.0851 e. The van der Waals surface area contributed by atoms with Gasteiger partial charge in [0.2, 0.25) is 0 Å². The standard InChI is InChI=1S/C20H36N2O2/c23-19-14-22(17-9-5-2-6-10-17)13-18(19)20(24)11-12-21(15-20)16-7-3-1-4-8-16/h16-19,23-24H,1-15H2/t18-,19+,20+/m1/s1. The van der Waals surface area contributed by atoms with E-state index in [0.29, 0.717) is 12.1 Å². The fourth-order valence-corrected chi connectivity index (χ4v) is 6.00. The lowest BCUT2D eigenvalue weighted by Gasteiger charge is -2.36. The quantitative estimate of drug-likeness (QED) is 0.831. The second-order valence-corrected chi connectivity index (χ2v) is 9.04. The van der Waals surface area contributed by atoms with Crippen molar-refractivity contribution in [3.63, 3.8) is 0 Å². The van der Waals surface area contributed by atoms with Gasteiger partial charge in [-0.25, -0.2) is 0 Å². The third-order valence-corrected chi connectivity index (χ3v) is 7.50. The second-order valence-electron chi connectivity index (χ2n) is 9.04. The molecule has 2 saturated heterocycles. The molecule has 2 aliphatic carbocycles. The first-order valence-corrected chi connectivity index (χ1v) is 10.5. The molecule has 0 bridgehead atoms. The van der Waals surface area contributed by atoms with E-state index in [9.17, 15) is 10.2 Å². The van der Waals surface area contributed by atoms with Crippen molar-refractivity contribution in [1.29, 1.82) is 0 Å². The van der Waals surface area contributed by atoms with Crippen molar-refractivity contribution in [1.82, 2.24) is 9.80 Å². The molecule has 4 aliphatic rings. The molecule has 0 aromatic heterocycles. The minimum Gasteiger partial charge on any atom is -0.391 e. The first-order valence-electron chi connectivity index (χ1n) is 10.5. The Morgan fingerprint density at radius 1 is 0.750 bits per heavy atom. The molecule has 24 heavy (non-hydrogen) atoms. The third-order valence-electron chi connectivity index (χ3n) is 7.50. The molecule has 2 saturated carbocycles. The van der Waals surface area contributed by atoms with Gasteiger partial charge in [-0.1, -0.05) is 38.5 Å². The van der Waals surface area contributed by atoms with Crippen molar-refractivity contribution >= 4 is 0 Å². The molecule has 2 heterocycles. The normalized spacial score (nSPS) is 41.2. The molecule has 2 aliphatic heterocycles. The van der Waals surface area contributed by atoms with E-state index in [2.05, 4.69) is 9.80 Å². The van der Waals surface area contributed by atoms with Gasteiger partial charge in [0.25, 0.3) is 0 Å². The summed E-state index contributed by atoms with van der Waals surface area (Å²) in [5.74, 6) is 0.0491. The zero-order chi connectivity index (χ0) is 16.6. The van der Waals surface area contributed by atoms with Crippen LogP contribution in [0, 0.1) is 5.92 Å². The number of nitrogens with zero attached hydrogens (tertiary/aromatic N) is 2. The lowest BCUT2D eigenvalue weighted by Crippen LogP contribution is -2.48. The molecule has 4 rings (SSSR count). The van der Waals surface area contributed by atoms with Crippen LogP contribution in [0.4, 0.5) is 0 Å². The van der Waals surface area contributed by atoms with Gasteiger partial charge in [-0.2, -0.15) is 0 Å². The van der Waals surface area contributed by atoms with Gasteiger partial charge < -0.3 is 10.2 Å². The lowest BCUT2D eigenvalue weighted by molar-refractivity contribution is -0.0471. The van der Waals surface area contributed by atoms with Gasteiger partial charge >= 0.3 is 0 Å². The van der Waals surface area contributed by atoms with Crippen LogP contribution in [0.3, 0.4) is 0 Å². The molecule has 0 radical (unpaired) electrons. The summed E-state index contributed by atoms with van der Waals surface area (Å²) in [5.41, 5.74) is -0.666. The molecule has 0 aromatic carbocycles. The zero-order valence-electron chi connectivity index (χ0n) is 15.2. The van der Waals surface area contributed by atoms with Crippen LogP contribution >= 0.6 is 0 Å². The summed E-state index contributed by atoms with van der Waals surface area (Å²) in [6, 6.07) is 1.33. The van der Waals surface area contributed by atoms with Crippen LogP contribution in [0.2, 0.25) is 0 Å². The summed E-state index contributed by atoms with van der Waals surface area (Å²) in [4.78, 5) is 5.03. The molecule has 4 heteroatoms. The Morgan fingerprint density at radius 3 is 1.96 bits per heavy atom. The molecule has 0 unspecified atom stereocenters. The number of rotatable bonds is 3. The van der Waals surface area contributed by atoms with Crippen molar-refractivity contribution < 1.29 is 10.2 Å². The van der Waals surface area contributed by atoms with E-state index in [4.69, 9.17) is 0 Å². The Kier molecular flexibility index (Phi) is 5.19. The predicted octanol–water partition coefficient (Wildman–Crippen LogP) is 2.38. The number of aliphatic hydroxyl groups is 2. The van der Waals surface area contributed by atoms with E-state index < -0.39 is 5.60 Å². The van der Waals surface area contributed by atoms with E-state index in [1.807, 2.05) is 0 Å². The fraction of sp³-hybridized carbons (Fsp3) is 1.00. The summed E-state index contributed by atoms with van der Waals surface area (Å²) in [5, 5.41) is 22.0. The van der Waals surface area contributed by atoms with Crippen molar-refractivity contribution in [3.8, 4) is 0 Å². The molecule has 0 amide bonds. The van der Waals surface area contributed by atoms with Gasteiger partial charge in [0.05, 0.1) is 11.7 Å². The highest BCUT2D eigenvalue weighted by Crippen LogP contribution is 2.39. The molecule has 0 aromatic rings. The average Bonchev–Trinajstić information content (AvgIpc) is 3.21. The van der Waals surface area contributed by atoms with Gasteiger partial charge in [-0.15, -0.1) is 0 Å². The second kappa shape index (κ2) is 7.22. The molecule has 138 valence electrons. The van der Waals surface area contributed by atoms with Crippen LogP contribution in [0.1, 0.15) is 70.6 Å². The highest BCUT2D eigenvalue weighted by Gasteiger charge is 2.51. The van der Waals surface area contributed by atoms with Crippen LogP contribution in [0.25, 0.3) is 0 Å². The molecular formula is C20H36N2O2. The highest BCUT2D eigenvalue weighted by molar-refractivity contribution is 5.04. The molecule has 4 fully saturated rings. The molecule has 4 nitrogen and oxygen atoms in total. The number of hydrogen-bond acceptors (Lipinski definition) is 4. The Hall–Kier alpha value is -0.160. The van der Waals surface area contributed by atoms with E-state index in [1.54, 1.807) is 0 Å². The summed E-state index contributed by atoms with van der Waals surface area (Å²) >= 11 is 0. The van der Waals surface area contributed by atoms with Gasteiger partial charge in [0.15, 0.2) is 0 Å². The molecule has 2 N–H and O–H groups in total. The predicted molar refractivity (Wildman–Crippen MR) is 96.0 cm³/mol. The van der Waals surface area contributed by atoms with Crippen molar-refractivity contribution in [2.75, 3.05) is 26.2 Å². The molecular weight excluding hydrogens is 300 g/mol. The number of β-amino-alcohol motifs (C(OH)–C–C–N with tert-alkyl or cyclic N) is 2. The Balaban J connectivity index is 1.37. The van der Waals surface area contributed by atoms with Crippen LogP contribution in [0.15, 0.2) is 0 Å². The first kappa shape index (κ1) is 17.3. The summed E-state index contributed by atoms with van der Waals surface area (Å²) in [6.07, 6.45) is 13.8. The third kappa shape index (κ3) is 3.40. The monoisotopic (exact) mass is 336 g/mol. The van der Waals surface area contributed by atoms with E-state index >= 15 is 0 Å². The van der Waals surface area contributed by atoms with Gasteiger partial charge in [-0.05, 0) is 32.1 Å². The minimum absolute atomic E-state index is 0.0491. The number of hydrogen-bond donors (Lipinski definition) is 2. The SMILES string of the molecule is O[C@H]1CN(C2CCCCC2)C[C@H]1[C@]1(O)CCN(C2CCCCC2)C1. The Bertz CT molecular complexity index is 420. The topological polar surface area (TPSA) is 46.9 Å². The van der Waals surface area contributed by atoms with E-state index in [0.717, 1.165) is 32.6 Å². The summed E-state index contributed by atoms with van der Waals surface area (Å²) < 4.78 is 0. The largest absolute Gasteiger partial charge is 0.391 e. The summed E-state index contributed by atoms with van der Waals surface area (Å²) in [7, 11) is 0. The van der Waals surface area contributed by atoms with Gasteiger partial charge in [-0.3, -0.25) is 9.80 Å². The first-order chi connectivity index (χ1) is 11.7. The maximum absolute atomic E-state index is 11.4. The van der Waals surface area contributed by atoms with Crippen LogP contribution in [-0.4, -0.2) is 70.0 Å². The Labute approximate surface area is 147 Å².